The average molecular weight is 441 g/mol. The maximum absolute atomic E-state index is 13.2. The zero-order chi connectivity index (χ0) is 22.4. The molecule has 31 heavy (non-hydrogen) atoms. The Kier molecular flexibility index (Phi) is 7.46. The highest BCUT2D eigenvalue weighted by Crippen LogP contribution is 2.27. The lowest BCUT2D eigenvalue weighted by atomic mass is 10.1. The van der Waals surface area contributed by atoms with Gasteiger partial charge in [-0.15, -0.1) is 0 Å². The molecule has 2 amide bonds. The van der Waals surface area contributed by atoms with Crippen molar-refractivity contribution in [3.63, 3.8) is 0 Å². The molecular formula is C23H24N2O5S. The van der Waals surface area contributed by atoms with Crippen molar-refractivity contribution in [2.24, 2.45) is 0 Å². The summed E-state index contributed by atoms with van der Waals surface area (Å²) in [5.41, 5.74) is 2.31. The molecule has 2 aromatic rings. The number of aryl methyl sites for hydroxylation is 1. The summed E-state index contributed by atoms with van der Waals surface area (Å²) in [6.45, 7) is 0.913. The van der Waals surface area contributed by atoms with E-state index in [1.807, 2.05) is 42.5 Å². The maximum atomic E-state index is 13.2. The molecule has 1 aliphatic heterocycles. The largest absolute Gasteiger partial charge is 0.480 e. The van der Waals surface area contributed by atoms with Gasteiger partial charge in [0.25, 0.3) is 0 Å². The van der Waals surface area contributed by atoms with Gasteiger partial charge >= 0.3 is 5.97 Å². The van der Waals surface area contributed by atoms with Crippen LogP contribution in [0.1, 0.15) is 24.5 Å². The molecule has 0 fully saturated rings. The van der Waals surface area contributed by atoms with E-state index in [9.17, 15) is 24.3 Å². The SMILES string of the molecule is CC(=O)S[C@@H](Cc1ccccc1)C(=O)NC1CCc2ccccc2N(CC(=O)O)C1=O. The van der Waals surface area contributed by atoms with Crippen LogP contribution in [-0.4, -0.2) is 45.8 Å². The Morgan fingerprint density at radius 2 is 1.81 bits per heavy atom. The third kappa shape index (κ3) is 5.95. The van der Waals surface area contributed by atoms with E-state index in [1.54, 1.807) is 12.1 Å². The van der Waals surface area contributed by atoms with E-state index in [0.29, 0.717) is 24.9 Å². The molecule has 0 bridgehead atoms. The second-order valence-electron chi connectivity index (χ2n) is 7.33. The predicted octanol–water partition coefficient (Wildman–Crippen LogP) is 2.43. The van der Waals surface area contributed by atoms with Crippen molar-refractivity contribution in [2.45, 2.75) is 37.5 Å². The van der Waals surface area contributed by atoms with Crippen molar-refractivity contribution < 1.29 is 24.3 Å². The van der Waals surface area contributed by atoms with Crippen LogP contribution in [0.4, 0.5) is 5.69 Å². The lowest BCUT2D eigenvalue weighted by Gasteiger charge is -2.26. The molecule has 162 valence electrons. The van der Waals surface area contributed by atoms with Gasteiger partial charge in [0.05, 0.1) is 5.25 Å². The second-order valence-corrected chi connectivity index (χ2v) is 8.71. The van der Waals surface area contributed by atoms with Crippen molar-refractivity contribution in [1.82, 2.24) is 5.32 Å². The van der Waals surface area contributed by atoms with Crippen molar-refractivity contribution in [1.29, 1.82) is 0 Å². The summed E-state index contributed by atoms with van der Waals surface area (Å²) in [4.78, 5) is 50.5. The Morgan fingerprint density at radius 1 is 1.13 bits per heavy atom. The molecule has 0 aromatic heterocycles. The predicted molar refractivity (Wildman–Crippen MR) is 119 cm³/mol. The van der Waals surface area contributed by atoms with Gasteiger partial charge in [-0.2, -0.15) is 0 Å². The third-order valence-electron chi connectivity index (χ3n) is 5.02. The van der Waals surface area contributed by atoms with Gasteiger partial charge in [0, 0.05) is 12.6 Å². The zero-order valence-electron chi connectivity index (χ0n) is 17.1. The van der Waals surface area contributed by atoms with Crippen molar-refractivity contribution >= 4 is 40.3 Å². The number of nitrogens with zero attached hydrogens (tertiary/aromatic N) is 1. The molecule has 2 N–H and O–H groups in total. The summed E-state index contributed by atoms with van der Waals surface area (Å²) in [6.07, 6.45) is 1.21. The van der Waals surface area contributed by atoms with Crippen LogP contribution in [0.15, 0.2) is 54.6 Å². The van der Waals surface area contributed by atoms with E-state index in [1.165, 1.54) is 11.8 Å². The van der Waals surface area contributed by atoms with Crippen LogP contribution in [0.25, 0.3) is 0 Å². The molecule has 2 aromatic carbocycles. The quantitative estimate of drug-likeness (QED) is 0.685. The number of aliphatic carboxylic acids is 1. The maximum Gasteiger partial charge on any atom is 0.323 e. The lowest BCUT2D eigenvalue weighted by Crippen LogP contribution is -2.51. The number of carboxylic acid groups (broad SMARTS) is 1. The number of amides is 2. The third-order valence-corrected chi connectivity index (χ3v) is 6.02. The minimum absolute atomic E-state index is 0.191. The summed E-state index contributed by atoms with van der Waals surface area (Å²) in [5, 5.41) is 11.2. The molecule has 2 atom stereocenters. The van der Waals surface area contributed by atoms with Gasteiger partial charge in [-0.05, 0) is 36.5 Å². The molecule has 1 unspecified atom stereocenters. The van der Waals surface area contributed by atoms with E-state index in [4.69, 9.17) is 0 Å². The summed E-state index contributed by atoms with van der Waals surface area (Å²) < 4.78 is 0. The first-order chi connectivity index (χ1) is 14.8. The molecule has 0 saturated heterocycles. The lowest BCUT2D eigenvalue weighted by molar-refractivity contribution is -0.137. The standard InChI is InChI=1S/C23H24N2O5S/c1-15(26)31-20(13-16-7-3-2-4-8-16)22(29)24-18-12-11-17-9-5-6-10-19(17)25(23(18)30)14-21(27)28/h2-10,18,20H,11-14H2,1H3,(H,24,29)(H,27,28)/t18?,20-/m0/s1. The normalized spacial score (nSPS) is 16.7. The van der Waals surface area contributed by atoms with Crippen LogP contribution in [0.5, 0.6) is 0 Å². The molecule has 1 aliphatic rings. The Balaban J connectivity index is 1.80. The highest BCUT2D eigenvalue weighted by Gasteiger charge is 2.34. The van der Waals surface area contributed by atoms with Gasteiger partial charge in [-0.3, -0.25) is 24.1 Å². The molecule has 0 radical (unpaired) electrons. The first kappa shape index (κ1) is 22.6. The molecule has 0 aliphatic carbocycles. The monoisotopic (exact) mass is 440 g/mol. The number of fused-ring (bicyclic) bond motifs is 1. The van der Waals surface area contributed by atoms with Crippen molar-refractivity contribution in [3.8, 4) is 0 Å². The number of anilines is 1. The highest BCUT2D eigenvalue weighted by molar-refractivity contribution is 8.14. The minimum atomic E-state index is -1.13. The Hall–Kier alpha value is -3.13. The number of carbonyl (C=O) groups excluding carboxylic acids is 3. The van der Waals surface area contributed by atoms with E-state index in [2.05, 4.69) is 5.32 Å². The number of rotatable bonds is 7. The van der Waals surface area contributed by atoms with Gasteiger partial charge in [0.1, 0.15) is 12.6 Å². The van der Waals surface area contributed by atoms with E-state index < -0.39 is 35.6 Å². The number of benzene rings is 2. The Morgan fingerprint density at radius 3 is 2.48 bits per heavy atom. The van der Waals surface area contributed by atoms with Crippen molar-refractivity contribution in [2.75, 3.05) is 11.4 Å². The van der Waals surface area contributed by atoms with Crippen LogP contribution in [0, 0.1) is 0 Å². The number of thioether (sulfide) groups is 1. The highest BCUT2D eigenvalue weighted by atomic mass is 32.2. The average Bonchev–Trinajstić information content (AvgIpc) is 2.86. The van der Waals surface area contributed by atoms with Crippen LogP contribution in [0.3, 0.4) is 0 Å². The summed E-state index contributed by atoms with van der Waals surface area (Å²) in [7, 11) is 0. The molecule has 3 rings (SSSR count). The molecule has 0 spiro atoms. The first-order valence-corrected chi connectivity index (χ1v) is 10.9. The van der Waals surface area contributed by atoms with E-state index in [-0.39, 0.29) is 5.12 Å². The number of hydrogen-bond donors (Lipinski definition) is 2. The molecule has 7 nitrogen and oxygen atoms in total. The van der Waals surface area contributed by atoms with Gasteiger partial charge in [-0.25, -0.2) is 0 Å². The van der Waals surface area contributed by atoms with Gasteiger partial charge in [-0.1, -0.05) is 60.3 Å². The smallest absolute Gasteiger partial charge is 0.323 e. The molecule has 0 saturated carbocycles. The van der Waals surface area contributed by atoms with Gasteiger partial charge < -0.3 is 10.4 Å². The van der Waals surface area contributed by atoms with Gasteiger partial charge in [0.2, 0.25) is 11.8 Å². The Labute approximate surface area is 184 Å². The number of hydrogen-bond acceptors (Lipinski definition) is 5. The molecule has 8 heteroatoms. The van der Waals surface area contributed by atoms with Crippen LogP contribution < -0.4 is 10.2 Å². The summed E-state index contributed by atoms with van der Waals surface area (Å²) in [5.74, 6) is -2.01. The van der Waals surface area contributed by atoms with Crippen LogP contribution >= 0.6 is 11.8 Å². The molecular weight excluding hydrogens is 416 g/mol. The molecule has 1 heterocycles. The fourth-order valence-corrected chi connectivity index (χ4v) is 4.48. The minimum Gasteiger partial charge on any atom is -0.480 e. The van der Waals surface area contributed by atoms with Gasteiger partial charge in [0.15, 0.2) is 5.12 Å². The topological polar surface area (TPSA) is 104 Å². The fourth-order valence-electron chi connectivity index (χ4n) is 3.63. The summed E-state index contributed by atoms with van der Waals surface area (Å²) >= 11 is 0.926. The number of para-hydroxylation sites is 1. The summed E-state index contributed by atoms with van der Waals surface area (Å²) in [6, 6.07) is 15.6. The van der Waals surface area contributed by atoms with Crippen LogP contribution in [-0.2, 0) is 32.0 Å². The zero-order valence-corrected chi connectivity index (χ0v) is 17.9. The second kappa shape index (κ2) is 10.3. The van der Waals surface area contributed by atoms with Crippen LogP contribution in [0.2, 0.25) is 0 Å². The van der Waals surface area contributed by atoms with E-state index >= 15 is 0 Å². The number of nitrogens with one attached hydrogen (secondary N) is 1. The fraction of sp³-hybridized carbons (Fsp3) is 0.304. The van der Waals surface area contributed by atoms with Crippen molar-refractivity contribution in [3.05, 3.63) is 65.7 Å². The first-order valence-electron chi connectivity index (χ1n) is 9.97. The number of carboxylic acids is 1. The van der Waals surface area contributed by atoms with E-state index in [0.717, 1.165) is 22.9 Å². The Bertz CT molecular complexity index is 979. The number of carbonyl (C=O) groups is 4.